The summed E-state index contributed by atoms with van der Waals surface area (Å²) in [5, 5.41) is 2.86. The van der Waals surface area contributed by atoms with Gasteiger partial charge in [-0.3, -0.25) is 4.79 Å². The summed E-state index contributed by atoms with van der Waals surface area (Å²) in [7, 11) is 1.53. The lowest BCUT2D eigenvalue weighted by molar-refractivity contribution is 0.0916. The maximum atomic E-state index is 11.9. The van der Waals surface area contributed by atoms with E-state index in [-0.39, 0.29) is 11.4 Å². The molecule has 88 valence electrons. The van der Waals surface area contributed by atoms with E-state index in [0.29, 0.717) is 17.0 Å². The van der Waals surface area contributed by atoms with Gasteiger partial charge in [-0.25, -0.2) is 0 Å². The second-order valence-electron chi connectivity index (χ2n) is 4.66. The topological polar surface area (TPSA) is 64.3 Å². The number of nitrogens with two attached hydrogens (primary N) is 1. The molecule has 0 atom stereocenters. The Morgan fingerprint density at radius 2 is 2.00 bits per heavy atom. The number of nitrogen functional groups attached to an aromatic ring is 1. The predicted octanol–water partition coefficient (Wildman–Crippen LogP) is 1.81. The Morgan fingerprint density at radius 3 is 2.50 bits per heavy atom. The van der Waals surface area contributed by atoms with Gasteiger partial charge >= 0.3 is 0 Å². The van der Waals surface area contributed by atoms with Crippen molar-refractivity contribution in [1.82, 2.24) is 5.32 Å². The van der Waals surface area contributed by atoms with Crippen LogP contribution in [0.5, 0.6) is 5.75 Å². The highest BCUT2D eigenvalue weighted by Crippen LogP contribution is 2.21. The van der Waals surface area contributed by atoms with E-state index in [2.05, 4.69) is 5.32 Å². The molecular weight excluding hydrogens is 204 g/mol. The van der Waals surface area contributed by atoms with Crippen LogP contribution in [0.1, 0.15) is 31.1 Å². The van der Waals surface area contributed by atoms with Crippen molar-refractivity contribution in [2.75, 3.05) is 12.8 Å². The van der Waals surface area contributed by atoms with Crippen LogP contribution < -0.4 is 15.8 Å². The zero-order valence-corrected chi connectivity index (χ0v) is 10.1. The van der Waals surface area contributed by atoms with Crippen LogP contribution in [-0.2, 0) is 0 Å². The van der Waals surface area contributed by atoms with Gasteiger partial charge in [0.15, 0.2) is 0 Å². The van der Waals surface area contributed by atoms with Crippen LogP contribution in [0.4, 0.5) is 5.69 Å². The third-order valence-corrected chi connectivity index (χ3v) is 1.96. The maximum absolute atomic E-state index is 11.9. The van der Waals surface area contributed by atoms with Crippen molar-refractivity contribution >= 4 is 11.6 Å². The molecule has 0 fully saturated rings. The molecule has 1 amide bonds. The highest BCUT2D eigenvalue weighted by Gasteiger charge is 2.18. The molecule has 0 aliphatic heterocycles. The minimum absolute atomic E-state index is 0.184. The molecule has 0 unspecified atom stereocenters. The van der Waals surface area contributed by atoms with Crippen molar-refractivity contribution in [2.24, 2.45) is 0 Å². The fourth-order valence-corrected chi connectivity index (χ4v) is 1.31. The Balaban J connectivity index is 3.02. The number of hydrogen-bond acceptors (Lipinski definition) is 3. The van der Waals surface area contributed by atoms with E-state index in [1.165, 1.54) is 7.11 Å². The van der Waals surface area contributed by atoms with Crippen molar-refractivity contribution in [3.05, 3.63) is 23.8 Å². The lowest BCUT2D eigenvalue weighted by atomic mass is 10.1. The highest BCUT2D eigenvalue weighted by molar-refractivity contribution is 5.98. The Labute approximate surface area is 95.8 Å². The maximum Gasteiger partial charge on any atom is 0.255 e. The third-order valence-electron chi connectivity index (χ3n) is 1.96. The first-order chi connectivity index (χ1) is 7.33. The standard InChI is InChI=1S/C12H18N2O2/c1-12(2,3)14-11(15)9-7-8(13)5-6-10(9)16-4/h5-7H,13H2,1-4H3,(H,14,15). The smallest absolute Gasteiger partial charge is 0.255 e. The van der Waals surface area contributed by atoms with Gasteiger partial charge in [0.2, 0.25) is 0 Å². The van der Waals surface area contributed by atoms with Gasteiger partial charge in [-0.15, -0.1) is 0 Å². The highest BCUT2D eigenvalue weighted by atomic mass is 16.5. The van der Waals surface area contributed by atoms with Crippen LogP contribution in [-0.4, -0.2) is 18.6 Å². The van der Waals surface area contributed by atoms with Crippen molar-refractivity contribution in [3.63, 3.8) is 0 Å². The van der Waals surface area contributed by atoms with Crippen LogP contribution in [0.15, 0.2) is 18.2 Å². The molecule has 4 heteroatoms. The number of rotatable bonds is 2. The van der Waals surface area contributed by atoms with Gasteiger partial charge < -0.3 is 15.8 Å². The minimum Gasteiger partial charge on any atom is -0.496 e. The number of methoxy groups -OCH3 is 1. The van der Waals surface area contributed by atoms with Gasteiger partial charge in [0.25, 0.3) is 5.91 Å². The molecule has 16 heavy (non-hydrogen) atoms. The van der Waals surface area contributed by atoms with Gasteiger partial charge in [-0.1, -0.05) is 0 Å². The van der Waals surface area contributed by atoms with Crippen molar-refractivity contribution in [3.8, 4) is 5.75 Å². The molecule has 0 saturated carbocycles. The molecule has 0 heterocycles. The van der Waals surface area contributed by atoms with Crippen molar-refractivity contribution < 1.29 is 9.53 Å². The third kappa shape index (κ3) is 3.15. The summed E-state index contributed by atoms with van der Waals surface area (Å²) in [6.07, 6.45) is 0. The zero-order chi connectivity index (χ0) is 12.3. The summed E-state index contributed by atoms with van der Waals surface area (Å²) in [6.45, 7) is 5.76. The quantitative estimate of drug-likeness (QED) is 0.750. The molecule has 1 aromatic carbocycles. The number of hydrogen-bond donors (Lipinski definition) is 2. The van der Waals surface area contributed by atoms with Gasteiger partial charge in [0.05, 0.1) is 12.7 Å². The molecule has 1 aromatic rings. The van der Waals surface area contributed by atoms with Crippen LogP contribution in [0.3, 0.4) is 0 Å². The summed E-state index contributed by atoms with van der Waals surface area (Å²) in [5.41, 5.74) is 6.36. The number of carbonyl (C=O) groups excluding carboxylic acids is 1. The number of anilines is 1. The van der Waals surface area contributed by atoms with E-state index in [1.54, 1.807) is 18.2 Å². The van der Waals surface area contributed by atoms with Crippen LogP contribution in [0.2, 0.25) is 0 Å². The zero-order valence-electron chi connectivity index (χ0n) is 10.1. The van der Waals surface area contributed by atoms with E-state index in [4.69, 9.17) is 10.5 Å². The monoisotopic (exact) mass is 222 g/mol. The Hall–Kier alpha value is -1.71. The first-order valence-electron chi connectivity index (χ1n) is 5.09. The average molecular weight is 222 g/mol. The number of carbonyl (C=O) groups is 1. The number of ether oxygens (including phenoxy) is 1. The Bertz CT molecular complexity index is 394. The number of amides is 1. The van der Waals surface area contributed by atoms with Crippen LogP contribution >= 0.6 is 0 Å². The lowest BCUT2D eigenvalue weighted by Gasteiger charge is -2.21. The SMILES string of the molecule is COc1ccc(N)cc1C(=O)NC(C)(C)C. The van der Waals surface area contributed by atoms with Crippen LogP contribution in [0, 0.1) is 0 Å². The first-order valence-corrected chi connectivity index (χ1v) is 5.09. The predicted molar refractivity (Wildman–Crippen MR) is 64.6 cm³/mol. The van der Waals surface area contributed by atoms with Crippen molar-refractivity contribution in [1.29, 1.82) is 0 Å². The van der Waals surface area contributed by atoms with Gasteiger partial charge in [0, 0.05) is 11.2 Å². The molecular formula is C12H18N2O2. The minimum atomic E-state index is -0.285. The fourth-order valence-electron chi connectivity index (χ4n) is 1.31. The number of benzene rings is 1. The van der Waals surface area contributed by atoms with Gasteiger partial charge in [0.1, 0.15) is 5.75 Å². The fraction of sp³-hybridized carbons (Fsp3) is 0.417. The van der Waals surface area contributed by atoms with E-state index in [0.717, 1.165) is 0 Å². The van der Waals surface area contributed by atoms with E-state index in [9.17, 15) is 4.79 Å². The normalized spacial score (nSPS) is 11.0. The second kappa shape index (κ2) is 4.43. The summed E-state index contributed by atoms with van der Waals surface area (Å²) in [4.78, 5) is 11.9. The Morgan fingerprint density at radius 1 is 1.38 bits per heavy atom. The van der Waals surface area contributed by atoms with E-state index < -0.39 is 0 Å². The molecule has 0 radical (unpaired) electrons. The molecule has 1 rings (SSSR count). The average Bonchev–Trinajstić information content (AvgIpc) is 2.15. The van der Waals surface area contributed by atoms with E-state index >= 15 is 0 Å². The summed E-state index contributed by atoms with van der Waals surface area (Å²) >= 11 is 0. The molecule has 0 spiro atoms. The first kappa shape index (κ1) is 12.4. The summed E-state index contributed by atoms with van der Waals surface area (Å²) < 4.78 is 5.12. The molecule has 4 nitrogen and oxygen atoms in total. The van der Waals surface area contributed by atoms with Crippen molar-refractivity contribution in [2.45, 2.75) is 26.3 Å². The van der Waals surface area contributed by atoms with Gasteiger partial charge in [-0.05, 0) is 39.0 Å². The molecule has 3 N–H and O–H groups in total. The Kier molecular flexibility index (Phi) is 3.42. The molecule has 0 aliphatic rings. The summed E-state index contributed by atoms with van der Waals surface area (Å²) in [6, 6.07) is 5.00. The largest absolute Gasteiger partial charge is 0.496 e. The molecule has 0 bridgehead atoms. The van der Waals surface area contributed by atoms with Gasteiger partial charge in [-0.2, -0.15) is 0 Å². The molecule has 0 saturated heterocycles. The number of nitrogens with one attached hydrogen (secondary N) is 1. The molecule has 0 aliphatic carbocycles. The lowest BCUT2D eigenvalue weighted by Crippen LogP contribution is -2.40. The second-order valence-corrected chi connectivity index (χ2v) is 4.66. The van der Waals surface area contributed by atoms with Crippen LogP contribution in [0.25, 0.3) is 0 Å². The molecule has 0 aromatic heterocycles. The van der Waals surface area contributed by atoms with E-state index in [1.807, 2.05) is 20.8 Å². The summed E-state index contributed by atoms with van der Waals surface area (Å²) in [5.74, 6) is 0.340.